The minimum atomic E-state index is -0.336. The molecule has 28 heavy (non-hydrogen) atoms. The van der Waals surface area contributed by atoms with Crippen molar-refractivity contribution >= 4 is 6.09 Å². The van der Waals surface area contributed by atoms with Gasteiger partial charge in [-0.1, -0.05) is 83.8 Å². The van der Waals surface area contributed by atoms with Crippen LogP contribution >= 0.6 is 0 Å². The van der Waals surface area contributed by atoms with E-state index in [1.807, 2.05) is 6.92 Å². The Morgan fingerprint density at radius 1 is 0.893 bits per heavy atom. The van der Waals surface area contributed by atoms with E-state index in [1.165, 1.54) is 77.0 Å². The fourth-order valence-electron chi connectivity index (χ4n) is 3.15. The van der Waals surface area contributed by atoms with Gasteiger partial charge in [-0.2, -0.15) is 0 Å². The molecule has 0 aliphatic heterocycles. The van der Waals surface area contributed by atoms with Crippen LogP contribution in [0.1, 0.15) is 110 Å². The summed E-state index contributed by atoms with van der Waals surface area (Å²) in [5.41, 5.74) is 0. The van der Waals surface area contributed by atoms with Crippen LogP contribution < -0.4 is 5.32 Å². The van der Waals surface area contributed by atoms with Gasteiger partial charge in [-0.05, 0) is 44.4 Å². The number of ether oxygens (including phenoxy) is 1. The molecule has 0 heterocycles. The van der Waals surface area contributed by atoms with E-state index in [0.717, 1.165) is 12.8 Å². The molecule has 0 bridgehead atoms. The maximum absolute atomic E-state index is 11.5. The first kappa shape index (κ1) is 27.0. The molecule has 0 aromatic rings. The molecular formula is C24H47NO3. The summed E-state index contributed by atoms with van der Waals surface area (Å²) in [6.07, 6.45) is 23.0. The zero-order valence-corrected chi connectivity index (χ0v) is 18.7. The lowest BCUT2D eigenvalue weighted by Gasteiger charge is -2.11. The lowest BCUT2D eigenvalue weighted by atomic mass is 10.1. The number of rotatable bonds is 20. The average molecular weight is 398 g/mol. The Kier molecular flexibility index (Phi) is 21.4. The summed E-state index contributed by atoms with van der Waals surface area (Å²) in [6.45, 7) is 5.49. The van der Waals surface area contributed by atoms with E-state index >= 15 is 0 Å². The molecule has 0 aliphatic carbocycles. The summed E-state index contributed by atoms with van der Waals surface area (Å²) in [4.78, 5) is 11.5. The highest BCUT2D eigenvalue weighted by Gasteiger charge is 2.05. The minimum Gasteiger partial charge on any atom is -0.450 e. The molecule has 0 spiro atoms. The topological polar surface area (TPSA) is 58.6 Å². The van der Waals surface area contributed by atoms with Crippen molar-refractivity contribution in [3.05, 3.63) is 12.2 Å². The minimum absolute atomic E-state index is 0.160. The number of hydrogen-bond acceptors (Lipinski definition) is 3. The van der Waals surface area contributed by atoms with Crippen LogP contribution in [0.4, 0.5) is 4.79 Å². The molecule has 4 heteroatoms. The summed E-state index contributed by atoms with van der Waals surface area (Å²) >= 11 is 0. The van der Waals surface area contributed by atoms with Gasteiger partial charge in [0.2, 0.25) is 0 Å². The Hall–Kier alpha value is -1.03. The Bertz CT molecular complexity index is 358. The largest absolute Gasteiger partial charge is 0.450 e. The van der Waals surface area contributed by atoms with E-state index in [4.69, 9.17) is 9.84 Å². The van der Waals surface area contributed by atoms with Gasteiger partial charge in [-0.15, -0.1) is 0 Å². The van der Waals surface area contributed by atoms with E-state index in [9.17, 15) is 4.79 Å². The first-order chi connectivity index (χ1) is 13.7. The number of carbonyl (C=O) groups is 1. The molecule has 0 saturated carbocycles. The second kappa shape index (κ2) is 22.3. The number of unbranched alkanes of at least 4 members (excludes halogenated alkanes) is 12. The number of amides is 1. The molecule has 0 aliphatic rings. The number of carbonyl (C=O) groups excluding carboxylic acids is 1. The van der Waals surface area contributed by atoms with E-state index < -0.39 is 0 Å². The Morgan fingerprint density at radius 2 is 1.43 bits per heavy atom. The monoisotopic (exact) mass is 397 g/mol. The maximum Gasteiger partial charge on any atom is 0.407 e. The third-order valence-electron chi connectivity index (χ3n) is 5.11. The highest BCUT2D eigenvalue weighted by Crippen LogP contribution is 2.10. The molecule has 0 rings (SSSR count). The zero-order valence-electron chi connectivity index (χ0n) is 18.7. The van der Waals surface area contributed by atoms with E-state index in [-0.39, 0.29) is 18.6 Å². The van der Waals surface area contributed by atoms with Crippen LogP contribution in [0.2, 0.25) is 0 Å². The first-order valence-corrected chi connectivity index (χ1v) is 11.9. The molecule has 0 aromatic heterocycles. The van der Waals surface area contributed by atoms with Gasteiger partial charge in [0.1, 0.15) is 0 Å². The number of nitrogens with one attached hydrogen (secondary N) is 1. The average Bonchev–Trinajstić information content (AvgIpc) is 2.69. The summed E-state index contributed by atoms with van der Waals surface area (Å²) in [7, 11) is 0. The third-order valence-corrected chi connectivity index (χ3v) is 5.11. The Labute approximate surface area is 174 Å². The van der Waals surface area contributed by atoms with Crippen LogP contribution in [-0.2, 0) is 4.74 Å². The van der Waals surface area contributed by atoms with Crippen LogP contribution in [-0.4, -0.2) is 31.0 Å². The molecule has 4 nitrogen and oxygen atoms in total. The maximum atomic E-state index is 11.5. The number of aliphatic hydroxyl groups is 1. The van der Waals surface area contributed by atoms with Crippen LogP contribution in [0.25, 0.3) is 0 Å². The molecule has 0 radical (unpaired) electrons. The summed E-state index contributed by atoms with van der Waals surface area (Å²) in [6, 6.07) is 0. The zero-order chi connectivity index (χ0) is 20.7. The summed E-state index contributed by atoms with van der Waals surface area (Å²) < 4.78 is 5.17. The lowest BCUT2D eigenvalue weighted by Crippen LogP contribution is -2.29. The van der Waals surface area contributed by atoms with E-state index in [2.05, 4.69) is 24.4 Å². The standard InChI is InChI=1S/C24H47NO3/c1-3-4-5-6-7-8-9-10-11-12-13-14-15-16-17-18-21-28-24(27)25-22-23(2)19-20-26/h10-11,23,26H,3-9,12-22H2,1-2H3,(H,25,27). The van der Waals surface area contributed by atoms with Crippen LogP contribution in [0.15, 0.2) is 12.2 Å². The van der Waals surface area contributed by atoms with Crippen LogP contribution in [0.3, 0.4) is 0 Å². The predicted molar refractivity (Wildman–Crippen MR) is 120 cm³/mol. The second-order valence-electron chi connectivity index (χ2n) is 8.07. The normalized spacial score (nSPS) is 12.4. The Balaban J connectivity index is 3.23. The van der Waals surface area contributed by atoms with E-state index in [1.54, 1.807) is 0 Å². The smallest absolute Gasteiger partial charge is 0.407 e. The van der Waals surface area contributed by atoms with Crippen molar-refractivity contribution in [1.82, 2.24) is 5.32 Å². The van der Waals surface area contributed by atoms with Gasteiger partial charge in [0, 0.05) is 13.2 Å². The van der Waals surface area contributed by atoms with Crippen molar-refractivity contribution in [2.45, 2.75) is 110 Å². The van der Waals surface area contributed by atoms with Gasteiger partial charge in [0.05, 0.1) is 6.61 Å². The first-order valence-electron chi connectivity index (χ1n) is 11.9. The van der Waals surface area contributed by atoms with Crippen molar-refractivity contribution in [3.63, 3.8) is 0 Å². The van der Waals surface area contributed by atoms with Crippen LogP contribution in [0, 0.1) is 5.92 Å². The fraction of sp³-hybridized carbons (Fsp3) is 0.875. The quantitative estimate of drug-likeness (QED) is 0.176. The van der Waals surface area contributed by atoms with Crippen molar-refractivity contribution in [2.75, 3.05) is 19.8 Å². The molecule has 0 saturated heterocycles. The molecule has 0 fully saturated rings. The molecule has 0 aromatic carbocycles. The molecule has 2 N–H and O–H groups in total. The van der Waals surface area contributed by atoms with Gasteiger partial charge in [0.25, 0.3) is 0 Å². The molecule has 1 unspecified atom stereocenters. The molecule has 166 valence electrons. The lowest BCUT2D eigenvalue weighted by molar-refractivity contribution is 0.141. The van der Waals surface area contributed by atoms with Crippen molar-refractivity contribution < 1.29 is 14.6 Å². The SMILES string of the molecule is CCCCCCCCC=CCCCCCCCCOC(=O)NCC(C)CCO. The van der Waals surface area contributed by atoms with Gasteiger partial charge in [0.15, 0.2) is 0 Å². The van der Waals surface area contributed by atoms with E-state index in [0.29, 0.717) is 19.6 Å². The number of hydrogen-bond donors (Lipinski definition) is 2. The Morgan fingerprint density at radius 3 is 2.00 bits per heavy atom. The van der Waals surface area contributed by atoms with Crippen LogP contribution in [0.5, 0.6) is 0 Å². The van der Waals surface area contributed by atoms with Crippen molar-refractivity contribution in [3.8, 4) is 0 Å². The van der Waals surface area contributed by atoms with Crippen molar-refractivity contribution in [2.24, 2.45) is 5.92 Å². The van der Waals surface area contributed by atoms with Crippen molar-refractivity contribution in [1.29, 1.82) is 0 Å². The predicted octanol–water partition coefficient (Wildman–Crippen LogP) is 6.77. The summed E-state index contributed by atoms with van der Waals surface area (Å²) in [5, 5.41) is 11.6. The molecule has 1 atom stereocenters. The number of aliphatic hydroxyl groups excluding tert-OH is 1. The van der Waals surface area contributed by atoms with Gasteiger partial charge in [-0.3, -0.25) is 0 Å². The third kappa shape index (κ3) is 21.3. The molecule has 1 amide bonds. The summed E-state index contributed by atoms with van der Waals surface area (Å²) in [5.74, 6) is 0.281. The molecular weight excluding hydrogens is 350 g/mol. The van der Waals surface area contributed by atoms with Gasteiger partial charge in [-0.25, -0.2) is 4.79 Å². The fourth-order valence-corrected chi connectivity index (χ4v) is 3.15. The number of alkyl carbamates (subject to hydrolysis) is 1. The van der Waals surface area contributed by atoms with Gasteiger partial charge >= 0.3 is 6.09 Å². The highest BCUT2D eigenvalue weighted by molar-refractivity contribution is 5.67. The van der Waals surface area contributed by atoms with Gasteiger partial charge < -0.3 is 15.2 Å². The second-order valence-corrected chi connectivity index (χ2v) is 8.07. The highest BCUT2D eigenvalue weighted by atomic mass is 16.5. The number of allylic oxidation sites excluding steroid dienone is 2.